The summed E-state index contributed by atoms with van der Waals surface area (Å²) in [5.74, 6) is 0.886. The first-order valence-corrected chi connectivity index (χ1v) is 4.78. The highest BCUT2D eigenvalue weighted by atomic mass is 16.5. The molecule has 74 valence electrons. The van der Waals surface area contributed by atoms with E-state index in [1.807, 2.05) is 6.07 Å². The molecule has 0 aliphatic carbocycles. The summed E-state index contributed by atoms with van der Waals surface area (Å²) in [4.78, 5) is 0. The molecule has 1 aromatic rings. The number of benzene rings is 1. The summed E-state index contributed by atoms with van der Waals surface area (Å²) in [6.07, 6.45) is 1.36. The molecule has 0 saturated heterocycles. The average molecular weight is 192 g/mol. The van der Waals surface area contributed by atoms with Crippen LogP contribution in [0.4, 0.5) is 5.69 Å². The predicted octanol–water partition coefficient (Wildman–Crippen LogP) is 0.658. The number of fused-ring (bicyclic) bond motifs is 2. The molecule has 3 N–H and O–H groups in total. The molecule has 0 saturated carbocycles. The van der Waals surface area contributed by atoms with Crippen molar-refractivity contribution >= 4 is 5.69 Å². The lowest BCUT2D eigenvalue weighted by Crippen LogP contribution is -2.36. The molecule has 0 fully saturated rings. The molecule has 14 heavy (non-hydrogen) atoms. The summed E-state index contributed by atoms with van der Waals surface area (Å²) >= 11 is 0. The van der Waals surface area contributed by atoms with Crippen LogP contribution in [0.3, 0.4) is 0 Å². The van der Waals surface area contributed by atoms with E-state index in [2.05, 4.69) is 6.07 Å². The van der Waals surface area contributed by atoms with Crippen LogP contribution in [0.15, 0.2) is 12.1 Å². The quantitative estimate of drug-likeness (QED) is 0.634. The molecule has 4 nitrogen and oxygen atoms in total. The number of rotatable bonds is 0. The average Bonchev–Trinajstić information content (AvgIpc) is 2.70. The Hall–Kier alpha value is -1.26. The third-order valence-corrected chi connectivity index (χ3v) is 2.88. The van der Waals surface area contributed by atoms with Gasteiger partial charge in [0.1, 0.15) is 11.9 Å². The van der Waals surface area contributed by atoms with Crippen molar-refractivity contribution in [1.29, 1.82) is 0 Å². The third kappa shape index (κ3) is 0.951. The second kappa shape index (κ2) is 2.62. The van der Waals surface area contributed by atoms with Crippen LogP contribution in [0.2, 0.25) is 0 Å². The van der Waals surface area contributed by atoms with Gasteiger partial charge < -0.3 is 10.5 Å². The highest BCUT2D eigenvalue weighted by Gasteiger charge is 2.28. The molecule has 0 radical (unpaired) electrons. The molecule has 1 atom stereocenters. The molecular weight excluding hydrogens is 180 g/mol. The maximum atomic E-state index is 9.63. The Morgan fingerprint density at radius 1 is 1.43 bits per heavy atom. The molecule has 0 aromatic heterocycles. The fourth-order valence-electron chi connectivity index (χ4n) is 2.13. The lowest BCUT2D eigenvalue weighted by molar-refractivity contribution is 0.227. The summed E-state index contributed by atoms with van der Waals surface area (Å²) < 4.78 is 5.43. The smallest absolute Gasteiger partial charge is 0.124 e. The van der Waals surface area contributed by atoms with E-state index < -0.39 is 0 Å². The van der Waals surface area contributed by atoms with Crippen LogP contribution in [-0.4, -0.2) is 18.0 Å². The number of anilines is 1. The van der Waals surface area contributed by atoms with Crippen molar-refractivity contribution in [2.75, 3.05) is 11.7 Å². The van der Waals surface area contributed by atoms with E-state index in [4.69, 9.17) is 10.5 Å². The highest BCUT2D eigenvalue weighted by molar-refractivity contribution is 5.62. The molecule has 2 aliphatic heterocycles. The Labute approximate surface area is 81.8 Å². The number of ether oxygens (including phenoxy) is 1. The second-order valence-electron chi connectivity index (χ2n) is 3.80. The van der Waals surface area contributed by atoms with Gasteiger partial charge in [0.2, 0.25) is 0 Å². The fourth-order valence-corrected chi connectivity index (χ4v) is 2.13. The van der Waals surface area contributed by atoms with Gasteiger partial charge >= 0.3 is 0 Å². The minimum Gasteiger partial charge on any atom is -0.493 e. The molecule has 1 unspecified atom stereocenters. The van der Waals surface area contributed by atoms with Crippen molar-refractivity contribution in [2.45, 2.75) is 19.0 Å². The maximum Gasteiger partial charge on any atom is 0.124 e. The van der Waals surface area contributed by atoms with Crippen LogP contribution in [-0.2, 0) is 12.8 Å². The van der Waals surface area contributed by atoms with E-state index in [0.29, 0.717) is 6.42 Å². The van der Waals surface area contributed by atoms with Crippen LogP contribution in [0.1, 0.15) is 11.1 Å². The second-order valence-corrected chi connectivity index (χ2v) is 3.80. The van der Waals surface area contributed by atoms with Crippen molar-refractivity contribution in [2.24, 2.45) is 5.73 Å². The molecule has 3 rings (SSSR count). The SMILES string of the molecule is NC1Cc2cc3c(cc2N1O)OCC3. The van der Waals surface area contributed by atoms with Gasteiger partial charge in [0, 0.05) is 18.9 Å². The molecular formula is C10H12N2O2. The van der Waals surface area contributed by atoms with Gasteiger partial charge in [0.05, 0.1) is 12.3 Å². The summed E-state index contributed by atoms with van der Waals surface area (Å²) in [5, 5.41) is 10.8. The summed E-state index contributed by atoms with van der Waals surface area (Å²) in [6, 6.07) is 3.97. The number of hydrogen-bond donors (Lipinski definition) is 2. The zero-order valence-corrected chi connectivity index (χ0v) is 7.73. The number of hydroxylamine groups is 1. The Bertz CT molecular complexity index is 392. The van der Waals surface area contributed by atoms with E-state index >= 15 is 0 Å². The first-order valence-electron chi connectivity index (χ1n) is 4.78. The third-order valence-electron chi connectivity index (χ3n) is 2.88. The Morgan fingerprint density at radius 3 is 3.14 bits per heavy atom. The molecule has 4 heteroatoms. The number of hydrogen-bond acceptors (Lipinski definition) is 4. The Kier molecular flexibility index (Phi) is 1.51. The molecule has 0 bridgehead atoms. The van der Waals surface area contributed by atoms with Crippen LogP contribution >= 0.6 is 0 Å². The van der Waals surface area contributed by atoms with Gasteiger partial charge in [-0.1, -0.05) is 0 Å². The van der Waals surface area contributed by atoms with Crippen molar-refractivity contribution < 1.29 is 9.94 Å². The lowest BCUT2D eigenvalue weighted by Gasteiger charge is -2.15. The van der Waals surface area contributed by atoms with Crippen molar-refractivity contribution in [3.05, 3.63) is 23.3 Å². The van der Waals surface area contributed by atoms with Crippen molar-refractivity contribution in [3.63, 3.8) is 0 Å². The van der Waals surface area contributed by atoms with E-state index in [0.717, 1.165) is 35.1 Å². The van der Waals surface area contributed by atoms with E-state index in [-0.39, 0.29) is 6.17 Å². The van der Waals surface area contributed by atoms with Crippen LogP contribution in [0.25, 0.3) is 0 Å². The van der Waals surface area contributed by atoms with Gasteiger partial charge in [0.15, 0.2) is 0 Å². The highest BCUT2D eigenvalue weighted by Crippen LogP contribution is 2.37. The Balaban J connectivity index is 2.13. The monoisotopic (exact) mass is 192 g/mol. The number of nitrogens with two attached hydrogens (primary N) is 1. The Morgan fingerprint density at radius 2 is 2.29 bits per heavy atom. The van der Waals surface area contributed by atoms with Gasteiger partial charge in [-0.3, -0.25) is 5.21 Å². The molecule has 2 heterocycles. The zero-order chi connectivity index (χ0) is 9.71. The first kappa shape index (κ1) is 8.08. The van der Waals surface area contributed by atoms with E-state index in [1.165, 1.54) is 5.56 Å². The maximum absolute atomic E-state index is 9.63. The molecule has 1 aromatic carbocycles. The van der Waals surface area contributed by atoms with E-state index in [1.54, 1.807) is 0 Å². The van der Waals surface area contributed by atoms with Gasteiger partial charge in [-0.25, -0.2) is 5.06 Å². The van der Waals surface area contributed by atoms with Crippen LogP contribution < -0.4 is 15.5 Å². The number of nitrogens with zero attached hydrogens (tertiary/aromatic N) is 1. The van der Waals surface area contributed by atoms with Gasteiger partial charge in [-0.15, -0.1) is 0 Å². The summed E-state index contributed by atoms with van der Waals surface area (Å²) in [7, 11) is 0. The van der Waals surface area contributed by atoms with Crippen molar-refractivity contribution in [3.8, 4) is 5.75 Å². The minimum absolute atomic E-state index is 0.312. The predicted molar refractivity (Wildman–Crippen MR) is 51.6 cm³/mol. The normalized spacial score (nSPS) is 23.3. The molecule has 0 spiro atoms. The van der Waals surface area contributed by atoms with Gasteiger partial charge in [0.25, 0.3) is 0 Å². The lowest BCUT2D eigenvalue weighted by atomic mass is 10.1. The van der Waals surface area contributed by atoms with E-state index in [9.17, 15) is 5.21 Å². The minimum atomic E-state index is -0.312. The van der Waals surface area contributed by atoms with Gasteiger partial charge in [-0.05, 0) is 17.2 Å². The molecule has 2 aliphatic rings. The van der Waals surface area contributed by atoms with Crippen molar-refractivity contribution in [1.82, 2.24) is 0 Å². The molecule has 0 amide bonds. The zero-order valence-electron chi connectivity index (χ0n) is 7.73. The largest absolute Gasteiger partial charge is 0.493 e. The van der Waals surface area contributed by atoms with Crippen LogP contribution in [0, 0.1) is 0 Å². The summed E-state index contributed by atoms with van der Waals surface area (Å²) in [5.41, 5.74) is 8.86. The topological polar surface area (TPSA) is 58.7 Å². The fraction of sp³-hybridized carbons (Fsp3) is 0.400. The first-order chi connectivity index (χ1) is 6.75. The van der Waals surface area contributed by atoms with Crippen LogP contribution in [0.5, 0.6) is 5.75 Å². The standard InChI is InChI=1S/C10H12N2O2/c11-10-4-7-3-6-1-2-14-9(6)5-8(7)12(10)13/h3,5,10,13H,1-2,4,11H2. The van der Waals surface area contributed by atoms with Gasteiger partial charge in [-0.2, -0.15) is 0 Å². The summed E-state index contributed by atoms with van der Waals surface area (Å²) in [6.45, 7) is 0.746.